The van der Waals surface area contributed by atoms with Crippen LogP contribution < -0.4 is 18.9 Å². The minimum absolute atomic E-state index is 0.0345. The van der Waals surface area contributed by atoms with Gasteiger partial charge < -0.3 is 23.8 Å². The average Bonchev–Trinajstić information content (AvgIpc) is 3.12. The van der Waals surface area contributed by atoms with Crippen LogP contribution in [0.25, 0.3) is 0 Å². The molecule has 0 aliphatic carbocycles. The summed E-state index contributed by atoms with van der Waals surface area (Å²) in [6, 6.07) is 11.7. The summed E-state index contributed by atoms with van der Waals surface area (Å²) >= 11 is 1.64. The molecule has 1 heterocycles. The van der Waals surface area contributed by atoms with E-state index >= 15 is 0 Å². The zero-order chi connectivity index (χ0) is 20.8. The molecule has 1 fully saturated rings. The van der Waals surface area contributed by atoms with Gasteiger partial charge in [0, 0.05) is 6.54 Å². The van der Waals surface area contributed by atoms with Gasteiger partial charge in [-0.05, 0) is 48.7 Å². The van der Waals surface area contributed by atoms with Crippen molar-refractivity contribution in [2.75, 3.05) is 40.2 Å². The van der Waals surface area contributed by atoms with E-state index in [9.17, 15) is 4.79 Å². The minimum Gasteiger partial charge on any atom is -0.493 e. The molecule has 2 aromatic rings. The lowest BCUT2D eigenvalue weighted by molar-refractivity contribution is -0.128. The Labute approximate surface area is 176 Å². The predicted octanol–water partition coefficient (Wildman–Crippen LogP) is 3.93. The number of ether oxygens (including phenoxy) is 4. The SMILES string of the molecule is CCOc1cc(C2SCC(=O)N2CCc2ccc(OC)c(OC)c2)ccc1OC. The van der Waals surface area contributed by atoms with E-state index < -0.39 is 0 Å². The lowest BCUT2D eigenvalue weighted by Gasteiger charge is -2.25. The molecular weight excluding hydrogens is 390 g/mol. The van der Waals surface area contributed by atoms with E-state index in [-0.39, 0.29) is 11.3 Å². The molecule has 29 heavy (non-hydrogen) atoms. The van der Waals surface area contributed by atoms with Gasteiger partial charge in [0.05, 0.1) is 33.7 Å². The third kappa shape index (κ3) is 4.72. The lowest BCUT2D eigenvalue weighted by Crippen LogP contribution is -2.30. The summed E-state index contributed by atoms with van der Waals surface area (Å²) in [5, 5.41) is -0.0345. The summed E-state index contributed by atoms with van der Waals surface area (Å²) in [5.41, 5.74) is 2.13. The minimum atomic E-state index is -0.0345. The fourth-order valence-corrected chi connectivity index (χ4v) is 4.58. The lowest BCUT2D eigenvalue weighted by atomic mass is 10.1. The molecule has 1 aliphatic heterocycles. The van der Waals surface area contributed by atoms with Gasteiger partial charge in [0.15, 0.2) is 23.0 Å². The average molecular weight is 418 g/mol. The highest BCUT2D eigenvalue weighted by atomic mass is 32.2. The topological polar surface area (TPSA) is 57.2 Å². The first-order chi connectivity index (χ1) is 14.1. The number of rotatable bonds is 9. The molecule has 0 radical (unpaired) electrons. The first kappa shape index (κ1) is 21.2. The van der Waals surface area contributed by atoms with Gasteiger partial charge in [-0.2, -0.15) is 0 Å². The second-order valence-electron chi connectivity index (χ2n) is 6.53. The van der Waals surface area contributed by atoms with Crippen LogP contribution in [0.1, 0.15) is 23.4 Å². The fraction of sp³-hybridized carbons (Fsp3) is 0.409. The van der Waals surface area contributed by atoms with Gasteiger partial charge in [-0.3, -0.25) is 4.79 Å². The molecule has 0 N–H and O–H groups in total. The van der Waals surface area contributed by atoms with Crippen molar-refractivity contribution in [3.63, 3.8) is 0 Å². The first-order valence-electron chi connectivity index (χ1n) is 9.54. The Morgan fingerprint density at radius 1 is 0.966 bits per heavy atom. The van der Waals surface area contributed by atoms with Crippen LogP contribution in [0.4, 0.5) is 0 Å². The van der Waals surface area contributed by atoms with E-state index in [0.717, 1.165) is 17.5 Å². The Hall–Kier alpha value is -2.54. The van der Waals surface area contributed by atoms with Gasteiger partial charge in [-0.25, -0.2) is 0 Å². The van der Waals surface area contributed by atoms with E-state index in [1.165, 1.54) is 0 Å². The van der Waals surface area contributed by atoms with Gasteiger partial charge >= 0.3 is 0 Å². The van der Waals surface area contributed by atoms with Gasteiger partial charge in [0.2, 0.25) is 5.91 Å². The smallest absolute Gasteiger partial charge is 0.233 e. The molecule has 0 aromatic heterocycles. The van der Waals surface area contributed by atoms with Crippen molar-refractivity contribution >= 4 is 17.7 Å². The Bertz CT molecular complexity index is 857. The van der Waals surface area contributed by atoms with Crippen LogP contribution in [0.3, 0.4) is 0 Å². The van der Waals surface area contributed by atoms with Crippen molar-refractivity contribution in [3.05, 3.63) is 47.5 Å². The highest BCUT2D eigenvalue weighted by Crippen LogP contribution is 2.41. The monoisotopic (exact) mass is 417 g/mol. The number of amides is 1. The Morgan fingerprint density at radius 2 is 1.66 bits per heavy atom. The van der Waals surface area contributed by atoms with Crippen LogP contribution >= 0.6 is 11.8 Å². The second-order valence-corrected chi connectivity index (χ2v) is 7.60. The number of carbonyl (C=O) groups excluding carboxylic acids is 1. The second kappa shape index (κ2) is 9.78. The van der Waals surface area contributed by atoms with E-state index in [2.05, 4.69) is 0 Å². The van der Waals surface area contributed by atoms with Crippen LogP contribution in [0.15, 0.2) is 36.4 Å². The Balaban J connectivity index is 1.76. The molecule has 0 bridgehead atoms. The van der Waals surface area contributed by atoms with Crippen molar-refractivity contribution in [2.45, 2.75) is 18.7 Å². The zero-order valence-corrected chi connectivity index (χ0v) is 18.1. The van der Waals surface area contributed by atoms with Crippen LogP contribution in [0.2, 0.25) is 0 Å². The third-order valence-electron chi connectivity index (χ3n) is 4.83. The normalized spacial score (nSPS) is 16.1. The Kier molecular flexibility index (Phi) is 7.14. The molecule has 0 spiro atoms. The van der Waals surface area contributed by atoms with E-state index in [1.54, 1.807) is 33.1 Å². The zero-order valence-electron chi connectivity index (χ0n) is 17.3. The largest absolute Gasteiger partial charge is 0.493 e. The molecular formula is C22H27NO5S. The molecule has 1 unspecified atom stereocenters. The first-order valence-corrected chi connectivity index (χ1v) is 10.6. The van der Waals surface area contributed by atoms with Gasteiger partial charge in [0.25, 0.3) is 0 Å². The fourth-order valence-electron chi connectivity index (χ4n) is 3.37. The highest BCUT2D eigenvalue weighted by molar-refractivity contribution is 8.00. The Morgan fingerprint density at radius 3 is 2.34 bits per heavy atom. The maximum absolute atomic E-state index is 12.5. The number of carbonyl (C=O) groups is 1. The van der Waals surface area contributed by atoms with Gasteiger partial charge in [-0.15, -0.1) is 11.8 Å². The molecule has 0 saturated carbocycles. The molecule has 1 amide bonds. The summed E-state index contributed by atoms with van der Waals surface area (Å²) in [6.45, 7) is 3.12. The van der Waals surface area contributed by atoms with Crippen LogP contribution in [0.5, 0.6) is 23.0 Å². The number of nitrogens with zero attached hydrogens (tertiary/aromatic N) is 1. The van der Waals surface area contributed by atoms with E-state index in [0.29, 0.717) is 41.9 Å². The summed E-state index contributed by atoms with van der Waals surface area (Å²) in [4.78, 5) is 14.5. The van der Waals surface area contributed by atoms with E-state index in [1.807, 2.05) is 48.2 Å². The third-order valence-corrected chi connectivity index (χ3v) is 6.09. The molecule has 6 nitrogen and oxygen atoms in total. The maximum atomic E-state index is 12.5. The van der Waals surface area contributed by atoms with Crippen molar-refractivity contribution in [1.82, 2.24) is 4.90 Å². The molecule has 156 valence electrons. The standard InChI is InChI=1S/C22H27NO5S/c1-5-28-20-13-16(7-9-18(20)26-3)22-23(21(24)14-29-22)11-10-15-6-8-17(25-2)19(12-15)27-4/h6-9,12-13,22H,5,10-11,14H2,1-4H3. The van der Waals surface area contributed by atoms with Crippen molar-refractivity contribution in [3.8, 4) is 23.0 Å². The van der Waals surface area contributed by atoms with Gasteiger partial charge in [-0.1, -0.05) is 12.1 Å². The van der Waals surface area contributed by atoms with E-state index in [4.69, 9.17) is 18.9 Å². The number of hydrogen-bond donors (Lipinski definition) is 0. The summed E-state index contributed by atoms with van der Waals surface area (Å²) in [7, 11) is 4.87. The molecule has 1 aliphatic rings. The number of hydrogen-bond acceptors (Lipinski definition) is 6. The van der Waals surface area contributed by atoms with Crippen molar-refractivity contribution in [2.24, 2.45) is 0 Å². The summed E-state index contributed by atoms with van der Waals surface area (Å²) in [5.74, 6) is 3.42. The molecule has 3 rings (SSSR count). The van der Waals surface area contributed by atoms with Crippen molar-refractivity contribution < 1.29 is 23.7 Å². The number of benzene rings is 2. The highest BCUT2D eigenvalue weighted by Gasteiger charge is 2.33. The summed E-state index contributed by atoms with van der Waals surface area (Å²) in [6.07, 6.45) is 0.734. The predicted molar refractivity (Wildman–Crippen MR) is 114 cm³/mol. The molecule has 1 atom stereocenters. The molecule has 7 heteroatoms. The number of thioether (sulfide) groups is 1. The van der Waals surface area contributed by atoms with Gasteiger partial charge in [0.1, 0.15) is 5.37 Å². The molecule has 1 saturated heterocycles. The number of methoxy groups -OCH3 is 3. The van der Waals surface area contributed by atoms with Crippen LogP contribution in [0, 0.1) is 0 Å². The van der Waals surface area contributed by atoms with Crippen LogP contribution in [-0.2, 0) is 11.2 Å². The van der Waals surface area contributed by atoms with Crippen molar-refractivity contribution in [1.29, 1.82) is 0 Å². The summed E-state index contributed by atoms with van der Waals surface area (Å²) < 4.78 is 21.8. The quantitative estimate of drug-likeness (QED) is 0.616. The molecule has 2 aromatic carbocycles. The van der Waals surface area contributed by atoms with Crippen LogP contribution in [-0.4, -0.2) is 51.0 Å². The maximum Gasteiger partial charge on any atom is 0.233 e.